The van der Waals surface area contributed by atoms with Gasteiger partial charge in [-0.1, -0.05) is 24.3 Å². The lowest BCUT2D eigenvalue weighted by molar-refractivity contribution is -0.369. The molecule has 0 aliphatic rings. The summed E-state index contributed by atoms with van der Waals surface area (Å²) in [5.74, 6) is -1.69. The van der Waals surface area contributed by atoms with Crippen molar-refractivity contribution in [3.8, 4) is 0 Å². The molecule has 1 aromatic carbocycles. The number of esters is 1. The topological polar surface area (TPSA) is 39.2 Å². The van der Waals surface area contributed by atoms with Crippen LogP contribution >= 0.6 is 0 Å². The highest BCUT2D eigenvalue weighted by atomic mass is 19.4. The van der Waals surface area contributed by atoms with Crippen molar-refractivity contribution in [2.24, 2.45) is 0 Å². The summed E-state index contributed by atoms with van der Waals surface area (Å²) in [6.07, 6.45) is -13.4. The normalized spacial score (nSPS) is 13.1. The Hall–Kier alpha value is -2.32. The van der Waals surface area contributed by atoms with Crippen LogP contribution in [0.3, 0.4) is 0 Å². The van der Waals surface area contributed by atoms with Crippen LogP contribution in [0.1, 0.15) is 12.6 Å². The van der Waals surface area contributed by atoms with Crippen LogP contribution in [0.4, 0.5) is 26.3 Å². The molecule has 9 heteroatoms. The standard InChI is InChI=1S/C15H11F6NO2/c1-9(23)24-13(14(16,17)18,15(19,20)21)8-11-7-6-10-4-2-3-5-12(10)22-11/h2-7H,8H2,1H3. The summed E-state index contributed by atoms with van der Waals surface area (Å²) in [7, 11) is 0. The zero-order chi connectivity index (χ0) is 18.2. The molecule has 1 heterocycles. The third-order valence-corrected chi connectivity index (χ3v) is 3.32. The Bertz CT molecular complexity index is 739. The number of nitrogens with zero attached hydrogens (tertiary/aromatic N) is 1. The van der Waals surface area contributed by atoms with E-state index in [0.717, 1.165) is 6.07 Å². The number of benzene rings is 1. The number of rotatable bonds is 3. The van der Waals surface area contributed by atoms with Gasteiger partial charge in [0.25, 0.3) is 0 Å². The highest BCUT2D eigenvalue weighted by Gasteiger charge is 2.74. The SMILES string of the molecule is CC(=O)OC(Cc1ccc2ccccc2n1)(C(F)(F)F)C(F)(F)F. The minimum atomic E-state index is -5.86. The molecule has 0 aliphatic heterocycles. The van der Waals surface area contributed by atoms with Crippen LogP contribution in [0.15, 0.2) is 36.4 Å². The molecule has 0 unspecified atom stereocenters. The first-order chi connectivity index (χ1) is 11.0. The molecule has 0 amide bonds. The van der Waals surface area contributed by atoms with Gasteiger partial charge in [-0.05, 0) is 12.1 Å². The summed E-state index contributed by atoms with van der Waals surface area (Å²) in [6.45, 7) is 0.486. The van der Waals surface area contributed by atoms with Crippen molar-refractivity contribution in [1.82, 2.24) is 4.98 Å². The number of aromatic nitrogens is 1. The average Bonchev–Trinajstić information content (AvgIpc) is 2.43. The Morgan fingerprint density at radius 1 is 1.00 bits per heavy atom. The molecule has 0 spiro atoms. The molecular weight excluding hydrogens is 340 g/mol. The fourth-order valence-corrected chi connectivity index (χ4v) is 2.22. The lowest BCUT2D eigenvalue weighted by Gasteiger charge is -2.36. The van der Waals surface area contributed by atoms with Gasteiger partial charge < -0.3 is 4.74 Å². The van der Waals surface area contributed by atoms with E-state index in [9.17, 15) is 31.1 Å². The zero-order valence-corrected chi connectivity index (χ0v) is 12.2. The first-order valence-corrected chi connectivity index (χ1v) is 6.64. The lowest BCUT2D eigenvalue weighted by atomic mass is 9.94. The van der Waals surface area contributed by atoms with Crippen molar-refractivity contribution >= 4 is 16.9 Å². The Kier molecular flexibility index (Phi) is 4.47. The van der Waals surface area contributed by atoms with Crippen molar-refractivity contribution < 1.29 is 35.9 Å². The highest BCUT2D eigenvalue weighted by molar-refractivity contribution is 5.78. The van der Waals surface area contributed by atoms with Crippen molar-refractivity contribution in [2.75, 3.05) is 0 Å². The second-order valence-electron chi connectivity index (χ2n) is 5.09. The second-order valence-corrected chi connectivity index (χ2v) is 5.09. The fraction of sp³-hybridized carbons (Fsp3) is 0.333. The molecule has 24 heavy (non-hydrogen) atoms. The van der Waals surface area contributed by atoms with Crippen molar-refractivity contribution in [3.05, 3.63) is 42.1 Å². The number of hydrogen-bond acceptors (Lipinski definition) is 3. The summed E-state index contributed by atoms with van der Waals surface area (Å²) in [5, 5.41) is 0.554. The number of carbonyl (C=O) groups excluding carboxylic acids is 1. The van der Waals surface area contributed by atoms with E-state index in [2.05, 4.69) is 9.72 Å². The van der Waals surface area contributed by atoms with E-state index >= 15 is 0 Å². The van der Waals surface area contributed by atoms with E-state index < -0.39 is 36.0 Å². The van der Waals surface area contributed by atoms with E-state index in [1.165, 1.54) is 12.1 Å². The lowest BCUT2D eigenvalue weighted by Crippen LogP contribution is -2.61. The van der Waals surface area contributed by atoms with Crippen LogP contribution in [-0.4, -0.2) is 28.9 Å². The predicted molar refractivity (Wildman–Crippen MR) is 72.1 cm³/mol. The quantitative estimate of drug-likeness (QED) is 0.614. The van der Waals surface area contributed by atoms with Gasteiger partial charge in [0.2, 0.25) is 0 Å². The minimum Gasteiger partial charge on any atom is -0.439 e. The number of halogens is 6. The molecule has 130 valence electrons. The maximum absolute atomic E-state index is 13.2. The molecular formula is C15H11F6NO2. The zero-order valence-electron chi connectivity index (χ0n) is 12.2. The molecule has 1 aromatic heterocycles. The molecule has 0 saturated carbocycles. The van der Waals surface area contributed by atoms with Gasteiger partial charge in [-0.15, -0.1) is 0 Å². The van der Waals surface area contributed by atoms with Gasteiger partial charge in [0.1, 0.15) is 0 Å². The van der Waals surface area contributed by atoms with E-state index in [1.807, 2.05) is 0 Å². The number of fused-ring (bicyclic) bond motifs is 1. The molecule has 3 nitrogen and oxygen atoms in total. The average molecular weight is 351 g/mol. The maximum Gasteiger partial charge on any atom is 0.437 e. The van der Waals surface area contributed by atoms with E-state index in [0.29, 0.717) is 12.3 Å². The summed E-state index contributed by atoms with van der Waals surface area (Å²) >= 11 is 0. The molecule has 0 fully saturated rings. The van der Waals surface area contributed by atoms with E-state index in [1.54, 1.807) is 18.2 Å². The van der Waals surface area contributed by atoms with Crippen LogP contribution in [0.2, 0.25) is 0 Å². The first-order valence-electron chi connectivity index (χ1n) is 6.64. The van der Waals surface area contributed by atoms with Crippen molar-refractivity contribution in [1.29, 1.82) is 0 Å². The number of ether oxygens (including phenoxy) is 1. The van der Waals surface area contributed by atoms with Crippen LogP contribution < -0.4 is 0 Å². The molecule has 0 saturated heterocycles. The molecule has 0 N–H and O–H groups in total. The molecule has 2 rings (SSSR count). The van der Waals surface area contributed by atoms with Gasteiger partial charge in [0.05, 0.1) is 5.52 Å². The van der Waals surface area contributed by atoms with Gasteiger partial charge >= 0.3 is 23.9 Å². The minimum absolute atomic E-state index is 0.232. The Labute approximate surface area is 132 Å². The van der Waals surface area contributed by atoms with E-state index in [4.69, 9.17) is 0 Å². The summed E-state index contributed by atoms with van der Waals surface area (Å²) < 4.78 is 83.0. The summed E-state index contributed by atoms with van der Waals surface area (Å²) in [4.78, 5) is 14.7. The van der Waals surface area contributed by atoms with Crippen LogP contribution in [-0.2, 0) is 16.0 Å². The van der Waals surface area contributed by atoms with Crippen LogP contribution in [0, 0.1) is 0 Å². The smallest absolute Gasteiger partial charge is 0.437 e. The molecule has 2 aromatic rings. The maximum atomic E-state index is 13.2. The van der Waals surface area contributed by atoms with Crippen molar-refractivity contribution in [2.45, 2.75) is 31.3 Å². The molecule has 0 bridgehead atoms. The number of alkyl halides is 6. The Balaban J connectivity index is 2.55. The van der Waals surface area contributed by atoms with Gasteiger partial charge in [0.15, 0.2) is 0 Å². The Morgan fingerprint density at radius 3 is 2.12 bits per heavy atom. The molecule has 0 aliphatic carbocycles. The third kappa shape index (κ3) is 3.29. The number of pyridine rings is 1. The van der Waals surface area contributed by atoms with Crippen LogP contribution in [0.5, 0.6) is 0 Å². The molecule has 0 radical (unpaired) electrons. The molecule has 0 atom stereocenters. The second kappa shape index (κ2) is 5.95. The van der Waals surface area contributed by atoms with Crippen LogP contribution in [0.25, 0.3) is 10.9 Å². The van der Waals surface area contributed by atoms with Crippen molar-refractivity contribution in [3.63, 3.8) is 0 Å². The third-order valence-electron chi connectivity index (χ3n) is 3.32. The van der Waals surface area contributed by atoms with Gasteiger partial charge in [-0.2, -0.15) is 26.3 Å². The van der Waals surface area contributed by atoms with E-state index in [-0.39, 0.29) is 5.52 Å². The Morgan fingerprint density at radius 2 is 1.58 bits per heavy atom. The first kappa shape index (κ1) is 18.0. The largest absolute Gasteiger partial charge is 0.439 e. The monoisotopic (exact) mass is 351 g/mol. The predicted octanol–water partition coefficient (Wildman–Crippen LogP) is 4.20. The summed E-state index contributed by atoms with van der Waals surface area (Å²) in [5.41, 5.74) is -4.91. The highest BCUT2D eigenvalue weighted by Crippen LogP contribution is 2.47. The van der Waals surface area contributed by atoms with Gasteiger partial charge in [0, 0.05) is 24.4 Å². The fourth-order valence-electron chi connectivity index (χ4n) is 2.22. The number of para-hydroxylation sites is 1. The van der Waals surface area contributed by atoms with Gasteiger partial charge in [-0.3, -0.25) is 9.78 Å². The number of carbonyl (C=O) groups is 1. The van der Waals surface area contributed by atoms with Gasteiger partial charge in [-0.25, -0.2) is 0 Å². The number of hydrogen-bond donors (Lipinski definition) is 0. The summed E-state index contributed by atoms with van der Waals surface area (Å²) in [6, 6.07) is 8.65.